The van der Waals surface area contributed by atoms with Crippen molar-refractivity contribution in [2.45, 2.75) is 6.54 Å². The van der Waals surface area contributed by atoms with Crippen LogP contribution in [0.3, 0.4) is 0 Å². The van der Waals surface area contributed by atoms with Crippen molar-refractivity contribution >= 4 is 32.5 Å². The highest BCUT2D eigenvalue weighted by molar-refractivity contribution is 7.21. The highest BCUT2D eigenvalue weighted by Gasteiger charge is 2.11. The minimum atomic E-state index is -0.0419. The van der Waals surface area contributed by atoms with Gasteiger partial charge in [0.2, 0.25) is 0 Å². The lowest BCUT2D eigenvalue weighted by Gasteiger charge is -2.07. The summed E-state index contributed by atoms with van der Waals surface area (Å²) in [5.41, 5.74) is 2.99. The summed E-state index contributed by atoms with van der Waals surface area (Å²) >= 11 is 1.52. The van der Waals surface area contributed by atoms with Gasteiger partial charge < -0.3 is 4.74 Å². The first-order valence-corrected chi connectivity index (χ1v) is 9.58. The lowest BCUT2D eigenvalue weighted by molar-refractivity contribution is 0.414. The van der Waals surface area contributed by atoms with Gasteiger partial charge in [-0.05, 0) is 41.5 Å². The lowest BCUT2D eigenvalue weighted by Crippen LogP contribution is -2.20. The summed E-state index contributed by atoms with van der Waals surface area (Å²) in [5, 5.41) is 8.69. The number of nitrogens with one attached hydrogen (secondary N) is 1. The normalized spacial score (nSPS) is 11.3. The third-order valence-electron chi connectivity index (χ3n) is 4.73. The van der Waals surface area contributed by atoms with Crippen LogP contribution in [0.15, 0.2) is 65.8 Å². The zero-order valence-corrected chi connectivity index (χ0v) is 15.9. The number of H-pyrrole nitrogens is 1. The van der Waals surface area contributed by atoms with Crippen molar-refractivity contribution in [1.29, 1.82) is 0 Å². The van der Waals surface area contributed by atoms with Gasteiger partial charge in [0, 0.05) is 10.3 Å². The van der Waals surface area contributed by atoms with Gasteiger partial charge in [0.05, 0.1) is 37.1 Å². The highest BCUT2D eigenvalue weighted by atomic mass is 32.1. The topological polar surface area (TPSA) is 72.8 Å². The minimum absolute atomic E-state index is 0.0419. The first-order valence-electron chi connectivity index (χ1n) is 8.77. The molecule has 3 heterocycles. The Morgan fingerprint density at radius 2 is 2.11 bits per heavy atom. The number of nitrogens with zero attached hydrogens (tertiary/aromatic N) is 3. The van der Waals surface area contributed by atoms with E-state index in [2.05, 4.69) is 21.2 Å². The number of hydrogen-bond donors (Lipinski definition) is 1. The molecule has 138 valence electrons. The molecule has 0 fully saturated rings. The predicted octanol–water partition coefficient (Wildman–Crippen LogP) is 4.06. The molecule has 6 nitrogen and oxygen atoms in total. The average molecular weight is 388 g/mol. The van der Waals surface area contributed by atoms with E-state index in [9.17, 15) is 4.79 Å². The summed E-state index contributed by atoms with van der Waals surface area (Å²) < 4.78 is 6.89. The predicted molar refractivity (Wildman–Crippen MR) is 111 cm³/mol. The Kier molecular flexibility index (Phi) is 3.95. The summed E-state index contributed by atoms with van der Waals surface area (Å²) in [6.07, 6.45) is 3.41. The van der Waals surface area contributed by atoms with Crippen LogP contribution in [-0.4, -0.2) is 26.9 Å². The maximum absolute atomic E-state index is 13.0. The standard InChI is InChI=1S/C21H16N4O2S/c1-27-16-4-2-3-13(7-16)11-25-12-22-20-17(21(25)26)9-19(28-20)14-5-6-18-15(8-14)10-23-24-18/h2-10,12H,11H2,1H3,(H,23,24). The largest absolute Gasteiger partial charge is 0.497 e. The summed E-state index contributed by atoms with van der Waals surface area (Å²) in [5.74, 6) is 0.770. The Hall–Kier alpha value is -3.45. The van der Waals surface area contributed by atoms with E-state index < -0.39 is 0 Å². The molecule has 0 bridgehead atoms. The molecule has 0 spiro atoms. The summed E-state index contributed by atoms with van der Waals surface area (Å²) in [7, 11) is 1.63. The molecule has 0 saturated carbocycles. The number of aromatic amines is 1. The van der Waals surface area contributed by atoms with Crippen LogP contribution >= 0.6 is 11.3 Å². The molecule has 0 radical (unpaired) electrons. The van der Waals surface area contributed by atoms with Gasteiger partial charge in [0.1, 0.15) is 10.6 Å². The fraction of sp³-hybridized carbons (Fsp3) is 0.0952. The van der Waals surface area contributed by atoms with E-state index in [-0.39, 0.29) is 5.56 Å². The van der Waals surface area contributed by atoms with Crippen molar-refractivity contribution in [3.05, 3.63) is 77.0 Å². The van der Waals surface area contributed by atoms with Gasteiger partial charge in [0.25, 0.3) is 5.56 Å². The van der Waals surface area contributed by atoms with Crippen LogP contribution in [0.4, 0.5) is 0 Å². The molecule has 1 N–H and O–H groups in total. The first kappa shape index (κ1) is 16.7. The van der Waals surface area contributed by atoms with E-state index >= 15 is 0 Å². The minimum Gasteiger partial charge on any atom is -0.497 e. The van der Waals surface area contributed by atoms with Crippen LogP contribution in [0.1, 0.15) is 5.56 Å². The summed E-state index contributed by atoms with van der Waals surface area (Å²) in [4.78, 5) is 19.3. The Labute approximate surface area is 164 Å². The summed E-state index contributed by atoms with van der Waals surface area (Å²) in [6, 6.07) is 15.7. The van der Waals surface area contributed by atoms with Crippen LogP contribution in [0.25, 0.3) is 31.6 Å². The number of rotatable bonds is 4. The molecular weight excluding hydrogens is 372 g/mol. The number of benzene rings is 2. The lowest BCUT2D eigenvalue weighted by atomic mass is 10.1. The quantitative estimate of drug-likeness (QED) is 0.504. The Morgan fingerprint density at radius 1 is 1.18 bits per heavy atom. The van der Waals surface area contributed by atoms with Crippen LogP contribution in [0.2, 0.25) is 0 Å². The SMILES string of the molecule is COc1cccc(Cn2cnc3sc(-c4ccc5[nH]ncc5c4)cc3c2=O)c1. The Bertz CT molecular complexity index is 1370. The molecular formula is C21H16N4O2S. The van der Waals surface area contributed by atoms with E-state index in [0.29, 0.717) is 11.9 Å². The number of methoxy groups -OCH3 is 1. The van der Waals surface area contributed by atoms with E-state index in [4.69, 9.17) is 4.74 Å². The maximum Gasteiger partial charge on any atom is 0.262 e. The smallest absolute Gasteiger partial charge is 0.262 e. The molecule has 7 heteroatoms. The molecule has 0 saturated heterocycles. The van der Waals surface area contributed by atoms with Gasteiger partial charge in [0.15, 0.2) is 0 Å². The van der Waals surface area contributed by atoms with Crippen molar-refractivity contribution in [2.24, 2.45) is 0 Å². The number of hydrogen-bond acceptors (Lipinski definition) is 5. The molecule has 0 atom stereocenters. The molecule has 28 heavy (non-hydrogen) atoms. The van der Waals surface area contributed by atoms with Crippen molar-refractivity contribution in [1.82, 2.24) is 19.7 Å². The van der Waals surface area contributed by atoms with E-state index in [1.54, 1.807) is 24.2 Å². The van der Waals surface area contributed by atoms with E-state index in [1.807, 2.05) is 42.5 Å². The van der Waals surface area contributed by atoms with Gasteiger partial charge in [-0.2, -0.15) is 5.10 Å². The van der Waals surface area contributed by atoms with E-state index in [0.717, 1.165) is 37.5 Å². The maximum atomic E-state index is 13.0. The van der Waals surface area contributed by atoms with Gasteiger partial charge in [-0.3, -0.25) is 14.5 Å². The Morgan fingerprint density at radius 3 is 3.00 bits per heavy atom. The third kappa shape index (κ3) is 2.86. The second-order valence-electron chi connectivity index (χ2n) is 6.53. The van der Waals surface area contributed by atoms with Crippen molar-refractivity contribution in [2.75, 3.05) is 7.11 Å². The van der Waals surface area contributed by atoms with Crippen molar-refractivity contribution < 1.29 is 4.74 Å². The van der Waals surface area contributed by atoms with Crippen molar-refractivity contribution in [3.63, 3.8) is 0 Å². The second kappa shape index (κ2) is 6.61. The van der Waals surface area contributed by atoms with Gasteiger partial charge in [-0.15, -0.1) is 11.3 Å². The van der Waals surface area contributed by atoms with Crippen LogP contribution in [-0.2, 0) is 6.54 Å². The molecule has 0 aliphatic carbocycles. The number of aromatic nitrogens is 4. The summed E-state index contributed by atoms with van der Waals surface area (Å²) in [6.45, 7) is 0.450. The van der Waals surface area contributed by atoms with Crippen LogP contribution in [0, 0.1) is 0 Å². The van der Waals surface area contributed by atoms with E-state index in [1.165, 1.54) is 11.3 Å². The zero-order valence-electron chi connectivity index (χ0n) is 15.0. The number of thiophene rings is 1. The molecule has 5 rings (SSSR count). The van der Waals surface area contributed by atoms with Gasteiger partial charge in [-0.1, -0.05) is 18.2 Å². The molecule has 2 aromatic carbocycles. The molecule has 0 amide bonds. The molecule has 0 aliphatic rings. The first-order chi connectivity index (χ1) is 13.7. The highest BCUT2D eigenvalue weighted by Crippen LogP contribution is 2.32. The van der Waals surface area contributed by atoms with Crippen molar-refractivity contribution in [3.8, 4) is 16.2 Å². The number of ether oxygens (including phenoxy) is 1. The molecule has 0 aliphatic heterocycles. The third-order valence-corrected chi connectivity index (χ3v) is 5.82. The van der Waals surface area contributed by atoms with Crippen LogP contribution < -0.4 is 10.3 Å². The van der Waals surface area contributed by atoms with Crippen LogP contribution in [0.5, 0.6) is 5.75 Å². The Balaban J connectivity index is 1.55. The van der Waals surface area contributed by atoms with Gasteiger partial charge >= 0.3 is 0 Å². The fourth-order valence-corrected chi connectivity index (χ4v) is 4.26. The second-order valence-corrected chi connectivity index (χ2v) is 7.56. The monoisotopic (exact) mass is 388 g/mol. The zero-order chi connectivity index (χ0) is 19.1. The molecule has 0 unspecified atom stereocenters. The van der Waals surface area contributed by atoms with Gasteiger partial charge in [-0.25, -0.2) is 4.98 Å². The average Bonchev–Trinajstić information content (AvgIpc) is 3.37. The number of fused-ring (bicyclic) bond motifs is 2. The molecule has 5 aromatic rings. The fourth-order valence-electron chi connectivity index (χ4n) is 3.28. The molecule has 3 aromatic heterocycles.